The van der Waals surface area contributed by atoms with Gasteiger partial charge < -0.3 is 0 Å². The van der Waals surface area contributed by atoms with Crippen LogP contribution in [0.25, 0.3) is 5.65 Å². The summed E-state index contributed by atoms with van der Waals surface area (Å²) in [6.07, 6.45) is 6.22. The van der Waals surface area contributed by atoms with Crippen LogP contribution in [0.4, 0.5) is 0 Å². The highest BCUT2D eigenvalue weighted by atomic mass is 35.5. The lowest BCUT2D eigenvalue weighted by atomic mass is 10.0. The fourth-order valence-corrected chi connectivity index (χ4v) is 3.41. The maximum Gasteiger partial charge on any atom is 0.157 e. The first-order valence-corrected chi connectivity index (χ1v) is 7.86. The van der Waals surface area contributed by atoms with Crippen LogP contribution in [-0.2, 0) is 0 Å². The predicted octanol–water partition coefficient (Wildman–Crippen LogP) is 3.42. The fraction of sp³-hybridized carbons (Fsp3) is 0.600. The van der Waals surface area contributed by atoms with Crippen LogP contribution in [-0.4, -0.2) is 33.1 Å². The van der Waals surface area contributed by atoms with Crippen molar-refractivity contribution in [2.75, 3.05) is 13.6 Å². The van der Waals surface area contributed by atoms with Crippen molar-refractivity contribution in [2.24, 2.45) is 0 Å². The summed E-state index contributed by atoms with van der Waals surface area (Å²) in [4.78, 5) is 7.13. The van der Waals surface area contributed by atoms with Gasteiger partial charge in [-0.05, 0) is 45.3 Å². The number of piperidine rings is 1. The van der Waals surface area contributed by atoms with E-state index in [4.69, 9.17) is 16.6 Å². The summed E-state index contributed by atoms with van der Waals surface area (Å²) in [5.74, 6) is 0.619. The molecule has 2 aliphatic rings. The molecule has 1 aliphatic heterocycles. The van der Waals surface area contributed by atoms with Crippen LogP contribution in [0, 0.1) is 0 Å². The summed E-state index contributed by atoms with van der Waals surface area (Å²) in [6.45, 7) is 1.15. The van der Waals surface area contributed by atoms with E-state index in [9.17, 15) is 0 Å². The number of rotatable bonds is 2. The number of likely N-dealkylation sites (tertiary alicyclic amines) is 1. The molecule has 1 saturated heterocycles. The second-order valence-corrected chi connectivity index (χ2v) is 6.50. The Morgan fingerprint density at radius 1 is 1.15 bits per heavy atom. The van der Waals surface area contributed by atoms with E-state index in [1.54, 1.807) is 4.52 Å². The van der Waals surface area contributed by atoms with E-state index in [1.807, 2.05) is 6.07 Å². The second-order valence-electron chi connectivity index (χ2n) is 6.11. The highest BCUT2D eigenvalue weighted by Gasteiger charge is 2.27. The van der Waals surface area contributed by atoms with E-state index in [0.29, 0.717) is 17.1 Å². The molecule has 0 bridgehead atoms. The number of aromatic nitrogens is 3. The zero-order valence-electron chi connectivity index (χ0n) is 11.7. The summed E-state index contributed by atoms with van der Waals surface area (Å²) in [7, 11) is 2.18. The standard InChI is InChI=1S/C15H19ClN4/c1-19-7-3-2-4-13(19)12-9-15-17-11(10-5-6-10)8-14(16)20(15)18-12/h8-10,13H,2-7H2,1H3. The molecule has 0 radical (unpaired) electrons. The number of hydrogen-bond donors (Lipinski definition) is 0. The van der Waals surface area contributed by atoms with Gasteiger partial charge in [0.25, 0.3) is 0 Å². The lowest BCUT2D eigenvalue weighted by Crippen LogP contribution is -2.29. The Hall–Kier alpha value is -1.13. The molecular formula is C15H19ClN4. The van der Waals surface area contributed by atoms with Crippen molar-refractivity contribution in [2.45, 2.75) is 44.1 Å². The van der Waals surface area contributed by atoms with Gasteiger partial charge in [0.15, 0.2) is 5.65 Å². The third-order valence-corrected chi connectivity index (χ3v) is 4.80. The van der Waals surface area contributed by atoms with Crippen LogP contribution in [0.2, 0.25) is 5.15 Å². The lowest BCUT2D eigenvalue weighted by molar-refractivity contribution is 0.183. The van der Waals surface area contributed by atoms with Gasteiger partial charge in [0.05, 0.1) is 11.7 Å². The minimum atomic E-state index is 0.408. The van der Waals surface area contributed by atoms with Crippen LogP contribution < -0.4 is 0 Å². The van der Waals surface area contributed by atoms with Crippen LogP contribution in [0.3, 0.4) is 0 Å². The Kier molecular flexibility index (Phi) is 2.97. The Bertz CT molecular complexity index is 647. The molecule has 2 fully saturated rings. The summed E-state index contributed by atoms with van der Waals surface area (Å²) in [5.41, 5.74) is 3.13. The summed E-state index contributed by atoms with van der Waals surface area (Å²) in [6, 6.07) is 4.50. The molecule has 0 aromatic carbocycles. The van der Waals surface area contributed by atoms with Gasteiger partial charge in [-0.25, -0.2) is 9.50 Å². The van der Waals surface area contributed by atoms with Crippen LogP contribution >= 0.6 is 11.6 Å². The van der Waals surface area contributed by atoms with E-state index in [1.165, 1.54) is 32.1 Å². The molecule has 5 heteroatoms. The fourth-order valence-electron chi connectivity index (χ4n) is 3.17. The molecule has 3 heterocycles. The topological polar surface area (TPSA) is 33.4 Å². The third kappa shape index (κ3) is 2.11. The van der Waals surface area contributed by atoms with Gasteiger partial charge in [0, 0.05) is 17.7 Å². The van der Waals surface area contributed by atoms with Crippen LogP contribution in [0.5, 0.6) is 0 Å². The molecule has 4 rings (SSSR count). The summed E-state index contributed by atoms with van der Waals surface area (Å²) in [5, 5.41) is 5.37. The molecule has 0 spiro atoms. The normalized spacial score (nSPS) is 24.4. The molecule has 1 unspecified atom stereocenters. The number of hydrogen-bond acceptors (Lipinski definition) is 3. The first kappa shape index (κ1) is 12.6. The molecule has 1 aliphatic carbocycles. The first-order chi connectivity index (χ1) is 9.72. The van der Waals surface area contributed by atoms with Crippen LogP contribution in [0.15, 0.2) is 12.1 Å². The van der Waals surface area contributed by atoms with E-state index in [2.05, 4.69) is 23.1 Å². The molecule has 0 N–H and O–H groups in total. The van der Waals surface area contributed by atoms with Crippen molar-refractivity contribution < 1.29 is 0 Å². The molecule has 2 aromatic heterocycles. The third-order valence-electron chi connectivity index (χ3n) is 4.53. The SMILES string of the molecule is CN1CCCCC1c1cc2nc(C3CC3)cc(Cl)n2n1. The Balaban J connectivity index is 1.75. The lowest BCUT2D eigenvalue weighted by Gasteiger charge is -2.30. The van der Waals surface area contributed by atoms with Crippen molar-refractivity contribution >= 4 is 17.2 Å². The van der Waals surface area contributed by atoms with Crippen molar-refractivity contribution in [1.29, 1.82) is 0 Å². The minimum Gasteiger partial charge on any atom is -0.298 e. The number of halogens is 1. The Morgan fingerprint density at radius 2 is 2.00 bits per heavy atom. The van der Waals surface area contributed by atoms with E-state index in [-0.39, 0.29) is 0 Å². The molecule has 1 saturated carbocycles. The second kappa shape index (κ2) is 4.71. The largest absolute Gasteiger partial charge is 0.298 e. The summed E-state index contributed by atoms with van der Waals surface area (Å²) >= 11 is 6.37. The van der Waals surface area contributed by atoms with Gasteiger partial charge >= 0.3 is 0 Å². The van der Waals surface area contributed by atoms with Gasteiger partial charge in [-0.15, -0.1) is 0 Å². The first-order valence-electron chi connectivity index (χ1n) is 7.49. The van der Waals surface area contributed by atoms with E-state index >= 15 is 0 Å². The average Bonchev–Trinajstić information content (AvgIpc) is 3.19. The monoisotopic (exact) mass is 290 g/mol. The highest BCUT2D eigenvalue weighted by Crippen LogP contribution is 2.40. The molecule has 20 heavy (non-hydrogen) atoms. The molecule has 2 aromatic rings. The molecule has 4 nitrogen and oxygen atoms in total. The Morgan fingerprint density at radius 3 is 2.75 bits per heavy atom. The van der Waals surface area contributed by atoms with Crippen molar-refractivity contribution in [1.82, 2.24) is 19.5 Å². The van der Waals surface area contributed by atoms with Gasteiger partial charge in [-0.3, -0.25) is 4.90 Å². The van der Waals surface area contributed by atoms with Crippen molar-refractivity contribution in [3.05, 3.63) is 28.7 Å². The zero-order chi connectivity index (χ0) is 13.7. The quantitative estimate of drug-likeness (QED) is 0.795. The number of fused-ring (bicyclic) bond motifs is 1. The van der Waals surface area contributed by atoms with E-state index < -0.39 is 0 Å². The maximum absolute atomic E-state index is 6.37. The van der Waals surface area contributed by atoms with Gasteiger partial charge in [0.1, 0.15) is 5.15 Å². The molecule has 0 amide bonds. The predicted molar refractivity (Wildman–Crippen MR) is 79.2 cm³/mol. The Labute approximate surface area is 123 Å². The molecular weight excluding hydrogens is 272 g/mol. The minimum absolute atomic E-state index is 0.408. The van der Waals surface area contributed by atoms with Gasteiger partial charge in [-0.2, -0.15) is 5.10 Å². The number of nitrogens with zero attached hydrogens (tertiary/aromatic N) is 4. The molecule has 106 valence electrons. The van der Waals surface area contributed by atoms with Gasteiger partial charge in [-0.1, -0.05) is 18.0 Å². The smallest absolute Gasteiger partial charge is 0.157 e. The van der Waals surface area contributed by atoms with Gasteiger partial charge in [0.2, 0.25) is 0 Å². The average molecular weight is 291 g/mol. The highest BCUT2D eigenvalue weighted by molar-refractivity contribution is 6.29. The van der Waals surface area contributed by atoms with Crippen LogP contribution in [0.1, 0.15) is 55.5 Å². The van der Waals surface area contributed by atoms with Crippen molar-refractivity contribution in [3.63, 3.8) is 0 Å². The van der Waals surface area contributed by atoms with Crippen molar-refractivity contribution in [3.8, 4) is 0 Å². The zero-order valence-corrected chi connectivity index (χ0v) is 12.5. The van der Waals surface area contributed by atoms with E-state index in [0.717, 1.165) is 23.6 Å². The maximum atomic E-state index is 6.37. The molecule has 1 atom stereocenters. The summed E-state index contributed by atoms with van der Waals surface area (Å²) < 4.78 is 1.78.